The minimum Gasteiger partial charge on any atom is -0.383 e. The number of carbonyl (C=O) groups is 1. The Balaban J connectivity index is 2.15. The Hall–Kier alpha value is -1.85. The van der Waals surface area contributed by atoms with Gasteiger partial charge in [0, 0.05) is 25.9 Å². The zero-order chi connectivity index (χ0) is 14.5. The number of aromatic nitrogens is 1. The normalized spacial score (nSPS) is 12.6. The topological polar surface area (TPSA) is 69.3 Å². The van der Waals surface area contributed by atoms with Crippen molar-refractivity contribution in [2.24, 2.45) is 5.73 Å². The molecule has 1 amide bonds. The molecule has 0 fully saturated rings. The van der Waals surface area contributed by atoms with Crippen molar-refractivity contribution in [3.8, 4) is 0 Å². The zero-order valence-corrected chi connectivity index (χ0v) is 11.9. The molecule has 1 aromatic carbocycles. The third-order valence-electron chi connectivity index (χ3n) is 3.23. The van der Waals surface area contributed by atoms with Crippen LogP contribution in [0.4, 0.5) is 0 Å². The van der Waals surface area contributed by atoms with Crippen LogP contribution in [0, 0.1) is 0 Å². The number of methoxy groups -OCH3 is 1. The third-order valence-corrected chi connectivity index (χ3v) is 3.23. The van der Waals surface area contributed by atoms with Crippen LogP contribution in [-0.4, -0.2) is 30.2 Å². The van der Waals surface area contributed by atoms with Crippen molar-refractivity contribution in [1.82, 2.24) is 9.88 Å². The molecule has 0 saturated heterocycles. The Bertz CT molecular complexity index is 592. The Morgan fingerprint density at radius 2 is 2.25 bits per heavy atom. The average molecular weight is 275 g/mol. The van der Waals surface area contributed by atoms with E-state index in [0.717, 1.165) is 16.5 Å². The molecule has 0 aliphatic rings. The molecule has 5 heteroatoms. The van der Waals surface area contributed by atoms with Crippen LogP contribution in [0.3, 0.4) is 0 Å². The van der Waals surface area contributed by atoms with Crippen molar-refractivity contribution in [3.05, 3.63) is 36.0 Å². The first-order chi connectivity index (χ1) is 9.65. The number of amides is 1. The SMILES string of the molecule is COCC(C)NC(=O)Cn1ccc2cccc(CN)c21. The lowest BCUT2D eigenvalue weighted by atomic mass is 10.1. The molecule has 20 heavy (non-hydrogen) atoms. The van der Waals surface area contributed by atoms with Crippen LogP contribution in [0.2, 0.25) is 0 Å². The lowest BCUT2D eigenvalue weighted by molar-refractivity contribution is -0.122. The van der Waals surface area contributed by atoms with Gasteiger partial charge in [0.2, 0.25) is 5.91 Å². The van der Waals surface area contributed by atoms with Gasteiger partial charge in [-0.15, -0.1) is 0 Å². The molecule has 0 aliphatic carbocycles. The van der Waals surface area contributed by atoms with E-state index in [1.807, 2.05) is 42.0 Å². The minimum atomic E-state index is -0.0288. The Morgan fingerprint density at radius 1 is 1.45 bits per heavy atom. The van der Waals surface area contributed by atoms with Crippen LogP contribution < -0.4 is 11.1 Å². The van der Waals surface area contributed by atoms with Crippen molar-refractivity contribution >= 4 is 16.8 Å². The number of carbonyl (C=O) groups excluding carboxylic acids is 1. The number of rotatable bonds is 6. The van der Waals surface area contributed by atoms with E-state index in [2.05, 4.69) is 5.32 Å². The molecule has 0 spiro atoms. The number of para-hydroxylation sites is 1. The standard InChI is InChI=1S/C15H21N3O2/c1-11(10-20-2)17-14(19)9-18-7-6-12-4-3-5-13(8-16)15(12)18/h3-7,11H,8-10,16H2,1-2H3,(H,17,19). The number of hydrogen-bond donors (Lipinski definition) is 2. The zero-order valence-electron chi connectivity index (χ0n) is 11.9. The van der Waals surface area contributed by atoms with Crippen molar-refractivity contribution < 1.29 is 9.53 Å². The fourth-order valence-corrected chi connectivity index (χ4v) is 2.40. The number of benzene rings is 1. The molecule has 2 rings (SSSR count). The maximum absolute atomic E-state index is 12.0. The third kappa shape index (κ3) is 3.18. The van der Waals surface area contributed by atoms with Crippen LogP contribution in [0.15, 0.2) is 30.5 Å². The quantitative estimate of drug-likeness (QED) is 0.833. The van der Waals surface area contributed by atoms with E-state index in [0.29, 0.717) is 13.2 Å². The first-order valence-electron chi connectivity index (χ1n) is 6.70. The highest BCUT2D eigenvalue weighted by Crippen LogP contribution is 2.19. The van der Waals surface area contributed by atoms with Crippen molar-refractivity contribution in [3.63, 3.8) is 0 Å². The summed E-state index contributed by atoms with van der Waals surface area (Å²) in [6.07, 6.45) is 1.92. The summed E-state index contributed by atoms with van der Waals surface area (Å²) in [5, 5.41) is 4.01. The summed E-state index contributed by atoms with van der Waals surface area (Å²) in [4.78, 5) is 12.0. The lowest BCUT2D eigenvalue weighted by Crippen LogP contribution is -2.37. The van der Waals surface area contributed by atoms with Crippen molar-refractivity contribution in [2.75, 3.05) is 13.7 Å². The van der Waals surface area contributed by atoms with E-state index < -0.39 is 0 Å². The molecule has 1 atom stereocenters. The second kappa shape index (κ2) is 6.54. The smallest absolute Gasteiger partial charge is 0.240 e. The van der Waals surface area contributed by atoms with E-state index in [9.17, 15) is 4.79 Å². The van der Waals surface area contributed by atoms with Gasteiger partial charge in [-0.05, 0) is 23.9 Å². The fraction of sp³-hybridized carbons (Fsp3) is 0.400. The van der Waals surface area contributed by atoms with E-state index >= 15 is 0 Å². The number of ether oxygens (including phenoxy) is 1. The van der Waals surface area contributed by atoms with Gasteiger partial charge < -0.3 is 20.4 Å². The summed E-state index contributed by atoms with van der Waals surface area (Å²) >= 11 is 0. The number of nitrogens with one attached hydrogen (secondary N) is 1. The van der Waals surface area contributed by atoms with Crippen LogP contribution in [0.1, 0.15) is 12.5 Å². The van der Waals surface area contributed by atoms with Crippen LogP contribution >= 0.6 is 0 Å². The molecule has 1 unspecified atom stereocenters. The highest BCUT2D eigenvalue weighted by Gasteiger charge is 2.11. The molecular formula is C15H21N3O2. The van der Waals surface area contributed by atoms with Crippen LogP contribution in [0.5, 0.6) is 0 Å². The van der Waals surface area contributed by atoms with E-state index in [4.69, 9.17) is 10.5 Å². The molecule has 0 bridgehead atoms. The number of fused-ring (bicyclic) bond motifs is 1. The minimum absolute atomic E-state index is 0.00306. The van der Waals surface area contributed by atoms with Crippen molar-refractivity contribution in [2.45, 2.75) is 26.1 Å². The monoisotopic (exact) mass is 275 g/mol. The van der Waals surface area contributed by atoms with E-state index in [1.165, 1.54) is 0 Å². The van der Waals surface area contributed by atoms with Gasteiger partial charge >= 0.3 is 0 Å². The molecule has 1 heterocycles. The van der Waals surface area contributed by atoms with Gasteiger partial charge in [0.05, 0.1) is 12.1 Å². The molecule has 108 valence electrons. The number of nitrogens with zero attached hydrogens (tertiary/aromatic N) is 1. The van der Waals surface area contributed by atoms with E-state index in [-0.39, 0.29) is 18.5 Å². The lowest BCUT2D eigenvalue weighted by Gasteiger charge is -2.14. The van der Waals surface area contributed by atoms with Gasteiger partial charge in [0.1, 0.15) is 6.54 Å². The van der Waals surface area contributed by atoms with Crippen molar-refractivity contribution in [1.29, 1.82) is 0 Å². The molecule has 1 aromatic heterocycles. The summed E-state index contributed by atoms with van der Waals surface area (Å²) in [6, 6.07) is 8.00. The van der Waals surface area contributed by atoms with Gasteiger partial charge in [0.25, 0.3) is 0 Å². The van der Waals surface area contributed by atoms with E-state index in [1.54, 1.807) is 7.11 Å². The molecule has 0 aliphatic heterocycles. The number of hydrogen-bond acceptors (Lipinski definition) is 3. The molecule has 0 radical (unpaired) electrons. The predicted octanol–water partition coefficient (Wildman–Crippen LogP) is 1.25. The maximum Gasteiger partial charge on any atom is 0.240 e. The highest BCUT2D eigenvalue weighted by molar-refractivity contribution is 5.85. The summed E-state index contributed by atoms with van der Waals surface area (Å²) in [5.41, 5.74) is 7.84. The predicted molar refractivity (Wildman–Crippen MR) is 79.3 cm³/mol. The average Bonchev–Trinajstić information content (AvgIpc) is 2.82. The van der Waals surface area contributed by atoms with Gasteiger partial charge in [-0.3, -0.25) is 4.79 Å². The molecule has 2 aromatic rings. The molecular weight excluding hydrogens is 254 g/mol. The molecule has 0 saturated carbocycles. The maximum atomic E-state index is 12.0. The summed E-state index contributed by atoms with van der Waals surface area (Å²) < 4.78 is 6.95. The largest absolute Gasteiger partial charge is 0.383 e. The van der Waals surface area contributed by atoms with Crippen LogP contribution in [-0.2, 0) is 22.6 Å². The second-order valence-electron chi connectivity index (χ2n) is 4.93. The Morgan fingerprint density at radius 3 is 2.95 bits per heavy atom. The van der Waals surface area contributed by atoms with Crippen LogP contribution in [0.25, 0.3) is 10.9 Å². The second-order valence-corrected chi connectivity index (χ2v) is 4.93. The summed E-state index contributed by atoms with van der Waals surface area (Å²) in [5.74, 6) is -0.0288. The fourth-order valence-electron chi connectivity index (χ4n) is 2.40. The highest BCUT2D eigenvalue weighted by atomic mass is 16.5. The summed E-state index contributed by atoms with van der Waals surface area (Å²) in [7, 11) is 1.62. The van der Waals surface area contributed by atoms with Gasteiger partial charge in [-0.25, -0.2) is 0 Å². The summed E-state index contributed by atoms with van der Waals surface area (Å²) in [6.45, 7) is 3.17. The van der Waals surface area contributed by atoms with Gasteiger partial charge in [-0.2, -0.15) is 0 Å². The first-order valence-corrected chi connectivity index (χ1v) is 6.70. The molecule has 3 N–H and O–H groups in total. The van der Waals surface area contributed by atoms with Gasteiger partial charge in [-0.1, -0.05) is 18.2 Å². The Labute approximate surface area is 118 Å². The first kappa shape index (κ1) is 14.6. The van der Waals surface area contributed by atoms with Gasteiger partial charge in [0.15, 0.2) is 0 Å². The Kier molecular flexibility index (Phi) is 4.76. The molecule has 5 nitrogen and oxygen atoms in total. The number of nitrogens with two attached hydrogens (primary N) is 1.